The van der Waals surface area contributed by atoms with Crippen molar-refractivity contribution in [1.82, 2.24) is 4.98 Å². The van der Waals surface area contributed by atoms with E-state index < -0.39 is 0 Å². The molecule has 0 aliphatic heterocycles. The smallest absolute Gasteiger partial charge is 0.137 e. The summed E-state index contributed by atoms with van der Waals surface area (Å²) in [6.07, 6.45) is 1.97. The summed E-state index contributed by atoms with van der Waals surface area (Å²) in [6.45, 7) is 0. The summed E-state index contributed by atoms with van der Waals surface area (Å²) >= 11 is 0. The van der Waals surface area contributed by atoms with Crippen molar-refractivity contribution >= 4 is 61.1 Å². The molecule has 3 heterocycles. The van der Waals surface area contributed by atoms with Gasteiger partial charge in [0, 0.05) is 44.7 Å². The normalized spacial score (nSPS) is 11.5. The monoisotopic (exact) mass is 654 g/mol. The van der Waals surface area contributed by atoms with Crippen LogP contribution in [0.5, 0.6) is 0 Å². The molecule has 10 rings (SSSR count). The molecule has 10 aromatic rings. The largest absolute Gasteiger partial charge is 0.456 e. The Hall–Kier alpha value is -6.91. The van der Waals surface area contributed by atoms with E-state index in [9.17, 15) is 0 Å². The molecule has 0 saturated heterocycles. The van der Waals surface area contributed by atoms with Gasteiger partial charge < -0.3 is 8.83 Å². The van der Waals surface area contributed by atoms with Crippen LogP contribution in [0.25, 0.3) is 77.3 Å². The summed E-state index contributed by atoms with van der Waals surface area (Å²) in [5, 5.41) is 4.47. The highest BCUT2D eigenvalue weighted by atomic mass is 16.3. The standard InChI is InChI=1S/C47H30N2O2/c1-3-11-37(12-4-1)49(38-13-5-2-6-14-38)47-24-21-33(30-48-47)36-26-34(31-19-22-41-39-15-7-9-17-43(39)50-45(41)28-31)25-35(27-36)32-20-23-42-40-16-8-10-18-44(40)51-46(42)29-32/h1-30H. The number of aromatic nitrogens is 1. The topological polar surface area (TPSA) is 42.4 Å². The number of rotatable bonds is 6. The highest BCUT2D eigenvalue weighted by Crippen LogP contribution is 2.39. The van der Waals surface area contributed by atoms with Crippen LogP contribution in [-0.2, 0) is 0 Å². The zero-order chi connectivity index (χ0) is 33.7. The summed E-state index contributed by atoms with van der Waals surface area (Å²) in [5.41, 5.74) is 12.1. The first kappa shape index (κ1) is 29.0. The number of hydrogen-bond donors (Lipinski definition) is 0. The second-order valence-electron chi connectivity index (χ2n) is 12.8. The van der Waals surface area contributed by atoms with Crippen LogP contribution in [-0.4, -0.2) is 4.98 Å². The number of anilines is 3. The van der Waals surface area contributed by atoms with E-state index in [0.717, 1.165) is 94.5 Å². The van der Waals surface area contributed by atoms with Crippen LogP contribution in [0.2, 0.25) is 0 Å². The van der Waals surface area contributed by atoms with Gasteiger partial charge in [-0.05, 0) is 119 Å². The summed E-state index contributed by atoms with van der Waals surface area (Å²) in [7, 11) is 0. The average molecular weight is 655 g/mol. The van der Waals surface area contributed by atoms with Crippen LogP contribution in [0.4, 0.5) is 17.2 Å². The van der Waals surface area contributed by atoms with E-state index in [0.29, 0.717) is 0 Å². The van der Waals surface area contributed by atoms with Gasteiger partial charge in [0.05, 0.1) is 0 Å². The highest BCUT2D eigenvalue weighted by molar-refractivity contribution is 6.07. The molecule has 0 radical (unpaired) electrons. The van der Waals surface area contributed by atoms with Gasteiger partial charge in [-0.2, -0.15) is 0 Å². The molecule has 0 aliphatic rings. The van der Waals surface area contributed by atoms with Gasteiger partial charge in [-0.1, -0.05) is 84.9 Å². The minimum Gasteiger partial charge on any atom is -0.456 e. The molecule has 4 heteroatoms. The van der Waals surface area contributed by atoms with E-state index in [-0.39, 0.29) is 0 Å². The van der Waals surface area contributed by atoms with Crippen molar-refractivity contribution in [2.75, 3.05) is 4.90 Å². The Morgan fingerprint density at radius 1 is 0.333 bits per heavy atom. The first-order chi connectivity index (χ1) is 25.2. The molecular weight excluding hydrogens is 625 g/mol. The first-order valence-corrected chi connectivity index (χ1v) is 17.1. The van der Waals surface area contributed by atoms with E-state index in [1.807, 2.05) is 42.6 Å². The van der Waals surface area contributed by atoms with Crippen molar-refractivity contribution in [3.63, 3.8) is 0 Å². The molecule has 0 saturated carbocycles. The summed E-state index contributed by atoms with van der Waals surface area (Å²) < 4.78 is 12.6. The van der Waals surface area contributed by atoms with Gasteiger partial charge in [-0.3, -0.25) is 4.90 Å². The van der Waals surface area contributed by atoms with E-state index in [4.69, 9.17) is 13.8 Å². The lowest BCUT2D eigenvalue weighted by molar-refractivity contribution is 0.668. The minimum absolute atomic E-state index is 0.846. The molecule has 3 aromatic heterocycles. The maximum absolute atomic E-state index is 6.30. The van der Waals surface area contributed by atoms with Crippen LogP contribution < -0.4 is 4.90 Å². The van der Waals surface area contributed by atoms with E-state index in [1.165, 1.54) is 0 Å². The van der Waals surface area contributed by atoms with Crippen LogP contribution >= 0.6 is 0 Å². The fraction of sp³-hybridized carbons (Fsp3) is 0. The van der Waals surface area contributed by atoms with E-state index in [1.54, 1.807) is 0 Å². The van der Waals surface area contributed by atoms with Crippen molar-refractivity contribution in [2.24, 2.45) is 0 Å². The van der Waals surface area contributed by atoms with Gasteiger partial charge in [0.1, 0.15) is 28.1 Å². The minimum atomic E-state index is 0.846. The lowest BCUT2D eigenvalue weighted by atomic mass is 9.93. The molecule has 51 heavy (non-hydrogen) atoms. The Balaban J connectivity index is 1.11. The first-order valence-electron chi connectivity index (χ1n) is 17.1. The Bertz CT molecular complexity index is 2680. The molecule has 4 nitrogen and oxygen atoms in total. The SMILES string of the molecule is c1ccc(N(c2ccccc2)c2ccc(-c3cc(-c4ccc5c(c4)oc4ccccc45)cc(-c4ccc5c(c4)oc4ccccc45)c3)cn2)cc1. The average Bonchev–Trinajstić information content (AvgIpc) is 3.76. The zero-order valence-electron chi connectivity index (χ0n) is 27.5. The molecule has 0 aliphatic carbocycles. The van der Waals surface area contributed by atoms with Gasteiger partial charge in [0.25, 0.3) is 0 Å². The zero-order valence-corrected chi connectivity index (χ0v) is 27.5. The van der Waals surface area contributed by atoms with E-state index in [2.05, 4.69) is 144 Å². The number of fused-ring (bicyclic) bond motifs is 6. The Labute approximate surface area is 294 Å². The molecule has 7 aromatic carbocycles. The maximum Gasteiger partial charge on any atom is 0.137 e. The Kier molecular flexibility index (Phi) is 6.78. The third kappa shape index (κ3) is 5.13. The number of hydrogen-bond acceptors (Lipinski definition) is 4. The van der Waals surface area contributed by atoms with Crippen LogP contribution in [0.1, 0.15) is 0 Å². The second kappa shape index (κ2) is 11.9. The lowest BCUT2D eigenvalue weighted by Crippen LogP contribution is -2.11. The maximum atomic E-state index is 6.30. The van der Waals surface area contributed by atoms with Gasteiger partial charge >= 0.3 is 0 Å². The molecule has 0 amide bonds. The molecular formula is C47H30N2O2. The quantitative estimate of drug-likeness (QED) is 0.179. The molecule has 0 spiro atoms. The van der Waals surface area contributed by atoms with E-state index >= 15 is 0 Å². The third-order valence-corrected chi connectivity index (χ3v) is 9.70. The molecule has 0 atom stereocenters. The van der Waals surface area contributed by atoms with Gasteiger partial charge in [0.2, 0.25) is 0 Å². The Morgan fingerprint density at radius 2 is 0.765 bits per heavy atom. The van der Waals surface area contributed by atoms with Crippen molar-refractivity contribution < 1.29 is 8.83 Å². The summed E-state index contributed by atoms with van der Waals surface area (Å²) in [5.74, 6) is 0.846. The van der Waals surface area contributed by atoms with Gasteiger partial charge in [0.15, 0.2) is 0 Å². The number of para-hydroxylation sites is 4. The molecule has 240 valence electrons. The van der Waals surface area contributed by atoms with Crippen LogP contribution in [0.3, 0.4) is 0 Å². The lowest BCUT2D eigenvalue weighted by Gasteiger charge is -2.24. The van der Waals surface area contributed by atoms with Gasteiger partial charge in [-0.15, -0.1) is 0 Å². The summed E-state index contributed by atoms with van der Waals surface area (Å²) in [4.78, 5) is 7.22. The Morgan fingerprint density at radius 3 is 1.25 bits per heavy atom. The molecule has 0 N–H and O–H groups in total. The fourth-order valence-corrected chi connectivity index (χ4v) is 7.20. The number of benzene rings is 7. The van der Waals surface area contributed by atoms with Crippen LogP contribution in [0.15, 0.2) is 191 Å². The molecule has 0 fully saturated rings. The predicted octanol–water partition coefficient (Wildman–Crippen LogP) is 13.4. The van der Waals surface area contributed by atoms with Crippen LogP contribution in [0, 0.1) is 0 Å². The number of furan rings is 2. The summed E-state index contributed by atoms with van der Waals surface area (Å²) in [6, 6.07) is 61.1. The fourth-order valence-electron chi connectivity index (χ4n) is 7.20. The third-order valence-electron chi connectivity index (χ3n) is 9.70. The predicted molar refractivity (Wildman–Crippen MR) is 210 cm³/mol. The highest BCUT2D eigenvalue weighted by Gasteiger charge is 2.16. The second-order valence-corrected chi connectivity index (χ2v) is 12.8. The van der Waals surface area contributed by atoms with Crippen molar-refractivity contribution in [1.29, 1.82) is 0 Å². The number of pyridine rings is 1. The van der Waals surface area contributed by atoms with Crippen molar-refractivity contribution in [3.8, 4) is 33.4 Å². The number of nitrogens with zero attached hydrogens (tertiary/aromatic N) is 2. The molecule has 0 unspecified atom stereocenters. The van der Waals surface area contributed by atoms with Gasteiger partial charge in [-0.25, -0.2) is 4.98 Å². The van der Waals surface area contributed by atoms with Crippen molar-refractivity contribution in [2.45, 2.75) is 0 Å². The van der Waals surface area contributed by atoms with Crippen molar-refractivity contribution in [3.05, 3.63) is 182 Å². The molecule has 0 bridgehead atoms.